The van der Waals surface area contributed by atoms with Gasteiger partial charge in [0.05, 0.1) is 30.8 Å². The molecule has 0 bridgehead atoms. The summed E-state index contributed by atoms with van der Waals surface area (Å²) in [5.41, 5.74) is -0.304. The fourth-order valence-electron chi connectivity index (χ4n) is 3.99. The molecule has 1 saturated heterocycles. The maximum Gasteiger partial charge on any atom is 0.428 e. The van der Waals surface area contributed by atoms with Crippen LogP contribution in [0.3, 0.4) is 0 Å². The molecular weight excluding hydrogens is 427 g/mol. The summed E-state index contributed by atoms with van der Waals surface area (Å²) >= 11 is 0. The number of hydrogen-bond donors (Lipinski definition) is 1. The molecule has 1 aromatic carbocycles. The zero-order chi connectivity index (χ0) is 22.5. The number of anilines is 2. The number of fused-ring (bicyclic) bond motifs is 2. The number of alkyl halides is 3. The van der Waals surface area contributed by atoms with Gasteiger partial charge in [0.1, 0.15) is 11.3 Å². The first-order valence-corrected chi connectivity index (χ1v) is 10.1. The van der Waals surface area contributed by atoms with Crippen LogP contribution in [0.25, 0.3) is 5.65 Å². The number of nitrogens with zero attached hydrogens (tertiary/aromatic N) is 4. The van der Waals surface area contributed by atoms with Crippen molar-refractivity contribution >= 4 is 22.9 Å². The monoisotopic (exact) mass is 447 g/mol. The molecule has 3 aromatic rings. The minimum absolute atomic E-state index is 0.168. The van der Waals surface area contributed by atoms with E-state index in [0.29, 0.717) is 48.9 Å². The van der Waals surface area contributed by atoms with E-state index in [4.69, 9.17) is 9.47 Å². The molecule has 2 aliphatic rings. The highest BCUT2D eigenvalue weighted by atomic mass is 19.4. The number of benzene rings is 1. The Bertz CT molecular complexity index is 1190. The lowest BCUT2D eigenvalue weighted by Crippen LogP contribution is -2.46. The Morgan fingerprint density at radius 3 is 2.78 bits per heavy atom. The van der Waals surface area contributed by atoms with Crippen LogP contribution in [0.15, 0.2) is 36.8 Å². The third kappa shape index (κ3) is 3.42. The van der Waals surface area contributed by atoms with Crippen LogP contribution in [0, 0.1) is 0 Å². The zero-order valence-electron chi connectivity index (χ0n) is 17.1. The first-order valence-electron chi connectivity index (χ1n) is 10.1. The van der Waals surface area contributed by atoms with Crippen LogP contribution in [0.1, 0.15) is 22.8 Å². The minimum atomic E-state index is -4.53. The predicted molar refractivity (Wildman–Crippen MR) is 109 cm³/mol. The van der Waals surface area contributed by atoms with E-state index in [9.17, 15) is 18.0 Å². The zero-order valence-corrected chi connectivity index (χ0v) is 17.1. The molecule has 168 valence electrons. The summed E-state index contributed by atoms with van der Waals surface area (Å²) in [5.74, 6) is -0.285. The maximum atomic E-state index is 13.6. The highest BCUT2D eigenvalue weighted by Gasteiger charge is 2.57. The molecule has 1 fully saturated rings. The Kier molecular flexibility index (Phi) is 4.73. The smallest absolute Gasteiger partial charge is 0.428 e. The van der Waals surface area contributed by atoms with Gasteiger partial charge in [-0.15, -0.1) is 0 Å². The first kappa shape index (κ1) is 20.6. The number of hydrogen-bond acceptors (Lipinski definition) is 6. The van der Waals surface area contributed by atoms with Crippen LogP contribution in [-0.2, 0) is 11.2 Å². The van der Waals surface area contributed by atoms with Gasteiger partial charge in [-0.25, -0.2) is 9.50 Å². The largest absolute Gasteiger partial charge is 0.477 e. The molecule has 0 aliphatic carbocycles. The summed E-state index contributed by atoms with van der Waals surface area (Å²) in [6, 6.07) is 4.83. The number of amides is 1. The predicted octanol–water partition coefficient (Wildman–Crippen LogP) is 3.07. The van der Waals surface area contributed by atoms with Crippen molar-refractivity contribution in [1.29, 1.82) is 0 Å². The molecule has 0 radical (unpaired) electrons. The molecule has 0 saturated carbocycles. The van der Waals surface area contributed by atoms with Crippen molar-refractivity contribution in [3.05, 3.63) is 47.9 Å². The number of nitrogens with one attached hydrogen (secondary N) is 1. The van der Waals surface area contributed by atoms with Crippen molar-refractivity contribution in [3.63, 3.8) is 0 Å². The van der Waals surface area contributed by atoms with E-state index in [0.717, 1.165) is 6.92 Å². The van der Waals surface area contributed by atoms with Crippen LogP contribution in [0.2, 0.25) is 0 Å². The molecule has 0 spiro atoms. The van der Waals surface area contributed by atoms with Gasteiger partial charge in [-0.05, 0) is 19.1 Å². The molecular formula is C21H20F3N5O3. The highest BCUT2D eigenvalue weighted by molar-refractivity contribution is 6.09. The Balaban J connectivity index is 1.52. The molecule has 5 rings (SSSR count). The second kappa shape index (κ2) is 7.37. The molecule has 4 heterocycles. The summed E-state index contributed by atoms with van der Waals surface area (Å²) in [6.45, 7) is 3.06. The molecule has 11 heteroatoms. The van der Waals surface area contributed by atoms with Crippen LogP contribution in [-0.4, -0.2) is 58.6 Å². The van der Waals surface area contributed by atoms with Crippen molar-refractivity contribution in [2.45, 2.75) is 25.1 Å². The van der Waals surface area contributed by atoms with Gasteiger partial charge in [-0.2, -0.15) is 18.3 Å². The molecule has 2 aromatic heterocycles. The normalized spacial score (nSPS) is 20.8. The fraction of sp³-hybridized carbons (Fsp3) is 0.381. The van der Waals surface area contributed by atoms with Crippen LogP contribution < -0.4 is 15.0 Å². The Hall–Kier alpha value is -3.34. The summed E-state index contributed by atoms with van der Waals surface area (Å²) < 4.78 is 52.9. The van der Waals surface area contributed by atoms with Gasteiger partial charge >= 0.3 is 6.18 Å². The first-order chi connectivity index (χ1) is 15.2. The Labute approximate surface area is 180 Å². The molecule has 1 N–H and O–H groups in total. The molecule has 32 heavy (non-hydrogen) atoms. The lowest BCUT2D eigenvalue weighted by atomic mass is 9.98. The maximum absolute atomic E-state index is 13.6. The van der Waals surface area contributed by atoms with E-state index in [1.807, 2.05) is 4.90 Å². The van der Waals surface area contributed by atoms with Gasteiger partial charge in [0, 0.05) is 43.5 Å². The van der Waals surface area contributed by atoms with E-state index >= 15 is 0 Å². The second-order valence-corrected chi connectivity index (χ2v) is 7.98. The second-order valence-electron chi connectivity index (χ2n) is 7.98. The van der Waals surface area contributed by atoms with E-state index in [2.05, 4.69) is 15.4 Å². The van der Waals surface area contributed by atoms with E-state index in [1.165, 1.54) is 10.7 Å². The van der Waals surface area contributed by atoms with Gasteiger partial charge in [-0.3, -0.25) is 4.79 Å². The topological polar surface area (TPSA) is 81.0 Å². The average Bonchev–Trinajstić information content (AvgIpc) is 3.34. The van der Waals surface area contributed by atoms with Gasteiger partial charge in [0.25, 0.3) is 5.91 Å². The summed E-state index contributed by atoms with van der Waals surface area (Å²) in [4.78, 5) is 19.2. The minimum Gasteiger partial charge on any atom is -0.477 e. The lowest BCUT2D eigenvalue weighted by molar-refractivity contribution is -0.235. The van der Waals surface area contributed by atoms with Gasteiger partial charge in [-0.1, -0.05) is 0 Å². The Morgan fingerprint density at radius 2 is 2.03 bits per heavy atom. The lowest BCUT2D eigenvalue weighted by Gasteiger charge is -2.31. The molecule has 1 atom stereocenters. The van der Waals surface area contributed by atoms with Crippen LogP contribution in [0.4, 0.5) is 24.5 Å². The van der Waals surface area contributed by atoms with Crippen molar-refractivity contribution in [2.75, 3.05) is 36.5 Å². The molecule has 8 nitrogen and oxygen atoms in total. The number of ether oxygens (including phenoxy) is 2. The van der Waals surface area contributed by atoms with E-state index in [1.54, 1.807) is 30.6 Å². The summed E-state index contributed by atoms with van der Waals surface area (Å²) in [6.07, 6.45) is -0.238. The number of halogens is 3. The van der Waals surface area contributed by atoms with Crippen molar-refractivity contribution < 1.29 is 27.4 Å². The third-order valence-electron chi connectivity index (χ3n) is 5.77. The van der Waals surface area contributed by atoms with E-state index < -0.39 is 17.7 Å². The fourth-order valence-corrected chi connectivity index (χ4v) is 3.99. The van der Waals surface area contributed by atoms with E-state index in [-0.39, 0.29) is 17.7 Å². The van der Waals surface area contributed by atoms with Crippen molar-refractivity contribution in [1.82, 2.24) is 14.6 Å². The number of carbonyl (C=O) groups excluding carboxylic acids is 1. The van der Waals surface area contributed by atoms with Crippen LogP contribution in [0.5, 0.6) is 5.75 Å². The number of rotatable bonds is 3. The standard InChI is InChI=1S/C21H20F3N5O3/c1-20(21(22,23)24)11-13-9-15(16(10-17(13)32-20)28-5-7-31-8-6-28)27-19(30)14-12-26-29-4-2-3-25-18(14)29/h2-4,9-10,12H,5-8,11H2,1H3,(H,27,30)/t20-/m1/s1. The number of morpholine rings is 1. The van der Waals surface area contributed by atoms with Crippen LogP contribution >= 0.6 is 0 Å². The summed E-state index contributed by atoms with van der Waals surface area (Å²) in [7, 11) is 0. The van der Waals surface area contributed by atoms with Gasteiger partial charge in [0.2, 0.25) is 5.60 Å². The molecule has 2 aliphatic heterocycles. The number of aromatic nitrogens is 3. The average molecular weight is 447 g/mol. The number of carbonyl (C=O) groups is 1. The third-order valence-corrected chi connectivity index (χ3v) is 5.77. The highest BCUT2D eigenvalue weighted by Crippen LogP contribution is 2.47. The van der Waals surface area contributed by atoms with Gasteiger partial charge in [0.15, 0.2) is 5.65 Å². The van der Waals surface area contributed by atoms with Crippen molar-refractivity contribution in [2.24, 2.45) is 0 Å². The van der Waals surface area contributed by atoms with Gasteiger partial charge < -0.3 is 19.7 Å². The molecule has 0 unspecified atom stereocenters. The summed E-state index contributed by atoms with van der Waals surface area (Å²) in [5, 5.41) is 6.97. The SMILES string of the molecule is C[C@]1(C(F)(F)F)Cc2cc(NC(=O)c3cnn4cccnc34)c(N3CCOCC3)cc2O1. The van der Waals surface area contributed by atoms with Crippen molar-refractivity contribution in [3.8, 4) is 5.75 Å². The Morgan fingerprint density at radius 1 is 1.25 bits per heavy atom. The molecule has 1 amide bonds. The quantitative estimate of drug-likeness (QED) is 0.665.